The molecule has 22 heavy (non-hydrogen) atoms. The molecule has 1 N–H and O–H groups in total. The van der Waals surface area contributed by atoms with Gasteiger partial charge in [0, 0.05) is 25.1 Å². The van der Waals surface area contributed by atoms with Crippen LogP contribution in [0.2, 0.25) is 0 Å². The molecule has 0 atom stereocenters. The van der Waals surface area contributed by atoms with Crippen molar-refractivity contribution in [2.24, 2.45) is 0 Å². The molecule has 3 rings (SSSR count). The third-order valence-corrected chi connectivity index (χ3v) is 3.84. The monoisotopic (exact) mass is 308 g/mol. The summed E-state index contributed by atoms with van der Waals surface area (Å²) in [6.07, 6.45) is 4.31. The molecule has 2 aromatic rings. The van der Waals surface area contributed by atoms with Crippen LogP contribution in [0.25, 0.3) is 0 Å². The summed E-state index contributed by atoms with van der Waals surface area (Å²) in [7, 11) is 1.35. The van der Waals surface area contributed by atoms with Crippen molar-refractivity contribution in [1.82, 2.24) is 14.8 Å². The molecule has 1 aromatic heterocycles. The number of methoxy groups -OCH3 is 1. The Labute approximate surface area is 127 Å². The number of nitrogens with one attached hydrogen (secondary N) is 1. The summed E-state index contributed by atoms with van der Waals surface area (Å²) in [5.41, 5.74) is 0.269. The van der Waals surface area contributed by atoms with Gasteiger partial charge >= 0.3 is 0 Å². The SMILES string of the molecule is COc1c(F)cc(F)cc1NCc1nnc2n1CCCCC2. The molecule has 5 nitrogen and oxygen atoms in total. The molecule has 118 valence electrons. The van der Waals surface area contributed by atoms with Gasteiger partial charge in [0.2, 0.25) is 0 Å². The van der Waals surface area contributed by atoms with E-state index in [0.717, 1.165) is 43.5 Å². The van der Waals surface area contributed by atoms with Gasteiger partial charge in [-0.1, -0.05) is 6.42 Å². The van der Waals surface area contributed by atoms with Gasteiger partial charge in [-0.3, -0.25) is 0 Å². The molecule has 0 saturated carbocycles. The van der Waals surface area contributed by atoms with Crippen LogP contribution >= 0.6 is 0 Å². The smallest absolute Gasteiger partial charge is 0.177 e. The largest absolute Gasteiger partial charge is 0.492 e. The van der Waals surface area contributed by atoms with E-state index in [0.29, 0.717) is 6.54 Å². The van der Waals surface area contributed by atoms with Gasteiger partial charge in [-0.2, -0.15) is 0 Å². The lowest BCUT2D eigenvalue weighted by atomic mass is 10.2. The van der Waals surface area contributed by atoms with E-state index in [1.807, 2.05) is 0 Å². The van der Waals surface area contributed by atoms with Gasteiger partial charge in [0.25, 0.3) is 0 Å². The maximum absolute atomic E-state index is 13.7. The van der Waals surface area contributed by atoms with E-state index in [1.54, 1.807) is 0 Å². The molecule has 0 bridgehead atoms. The molecule has 1 aromatic carbocycles. The summed E-state index contributed by atoms with van der Waals surface area (Å²) in [6, 6.07) is 2.01. The normalized spacial score (nSPS) is 14.3. The van der Waals surface area contributed by atoms with E-state index < -0.39 is 11.6 Å². The van der Waals surface area contributed by atoms with Crippen molar-refractivity contribution in [2.45, 2.75) is 38.8 Å². The second-order valence-corrected chi connectivity index (χ2v) is 5.32. The van der Waals surface area contributed by atoms with E-state index in [9.17, 15) is 8.78 Å². The Bertz CT molecular complexity index is 672. The number of hydrogen-bond donors (Lipinski definition) is 1. The number of halogens is 2. The first kappa shape index (κ1) is 14.7. The lowest BCUT2D eigenvalue weighted by Crippen LogP contribution is -2.11. The zero-order chi connectivity index (χ0) is 15.5. The fraction of sp³-hybridized carbons (Fsp3) is 0.467. The fourth-order valence-electron chi connectivity index (χ4n) is 2.75. The molecule has 0 radical (unpaired) electrons. The molecule has 2 heterocycles. The number of benzene rings is 1. The Morgan fingerprint density at radius 1 is 1.23 bits per heavy atom. The first-order chi connectivity index (χ1) is 10.7. The lowest BCUT2D eigenvalue weighted by Gasteiger charge is -2.13. The lowest BCUT2D eigenvalue weighted by molar-refractivity contribution is 0.386. The van der Waals surface area contributed by atoms with Crippen molar-refractivity contribution >= 4 is 5.69 Å². The van der Waals surface area contributed by atoms with Crippen molar-refractivity contribution in [2.75, 3.05) is 12.4 Å². The number of aryl methyl sites for hydroxylation is 1. The molecule has 1 aliphatic rings. The summed E-state index contributed by atoms with van der Waals surface area (Å²) >= 11 is 0. The maximum atomic E-state index is 13.7. The van der Waals surface area contributed by atoms with E-state index in [1.165, 1.54) is 19.6 Å². The van der Waals surface area contributed by atoms with E-state index >= 15 is 0 Å². The summed E-state index contributed by atoms with van der Waals surface area (Å²) < 4.78 is 34.1. The van der Waals surface area contributed by atoms with Gasteiger partial charge in [-0.05, 0) is 12.8 Å². The second-order valence-electron chi connectivity index (χ2n) is 5.32. The molecule has 0 fully saturated rings. The molecular formula is C15H18F2N4O. The Morgan fingerprint density at radius 2 is 2.09 bits per heavy atom. The van der Waals surface area contributed by atoms with Crippen LogP contribution in [0.1, 0.15) is 30.9 Å². The highest BCUT2D eigenvalue weighted by Gasteiger charge is 2.16. The Hall–Kier alpha value is -2.18. The number of aromatic nitrogens is 3. The van der Waals surface area contributed by atoms with Crippen molar-refractivity contribution in [1.29, 1.82) is 0 Å². The average molecular weight is 308 g/mol. The molecule has 0 unspecified atom stereocenters. The van der Waals surface area contributed by atoms with Crippen molar-refractivity contribution in [3.05, 3.63) is 35.4 Å². The highest BCUT2D eigenvalue weighted by molar-refractivity contribution is 5.57. The molecule has 0 saturated heterocycles. The fourth-order valence-corrected chi connectivity index (χ4v) is 2.75. The van der Waals surface area contributed by atoms with Crippen molar-refractivity contribution in [3.8, 4) is 5.75 Å². The van der Waals surface area contributed by atoms with Crippen molar-refractivity contribution in [3.63, 3.8) is 0 Å². The average Bonchev–Trinajstić information content (AvgIpc) is 2.72. The van der Waals surface area contributed by atoms with Crippen LogP contribution in [0.4, 0.5) is 14.5 Å². The molecule has 7 heteroatoms. The topological polar surface area (TPSA) is 52.0 Å². The van der Waals surface area contributed by atoms with Crippen LogP contribution in [0.5, 0.6) is 5.75 Å². The number of ether oxygens (including phenoxy) is 1. The first-order valence-electron chi connectivity index (χ1n) is 7.37. The van der Waals surface area contributed by atoms with Crippen LogP contribution in [-0.2, 0) is 19.5 Å². The number of fused-ring (bicyclic) bond motifs is 1. The standard InChI is InChI=1S/C15H18F2N4O/c1-22-15-11(17)7-10(16)8-12(15)18-9-14-20-19-13-5-3-2-4-6-21(13)14/h7-8,18H,2-6,9H2,1H3. The zero-order valence-corrected chi connectivity index (χ0v) is 12.4. The first-order valence-corrected chi connectivity index (χ1v) is 7.37. The number of rotatable bonds is 4. The molecule has 0 spiro atoms. The third-order valence-electron chi connectivity index (χ3n) is 3.84. The summed E-state index contributed by atoms with van der Waals surface area (Å²) in [5, 5.41) is 11.4. The highest BCUT2D eigenvalue weighted by atomic mass is 19.1. The van der Waals surface area contributed by atoms with Gasteiger partial charge in [0.1, 0.15) is 11.6 Å². The summed E-state index contributed by atoms with van der Waals surface area (Å²) in [6.45, 7) is 1.22. The van der Waals surface area contributed by atoms with Crippen LogP contribution in [0, 0.1) is 11.6 Å². The predicted octanol–water partition coefficient (Wildman–Crippen LogP) is 2.90. The molecule has 0 amide bonds. The van der Waals surface area contributed by atoms with Gasteiger partial charge in [0.15, 0.2) is 17.4 Å². The minimum atomic E-state index is -0.731. The second kappa shape index (κ2) is 6.29. The van der Waals surface area contributed by atoms with E-state index in [-0.39, 0.29) is 11.4 Å². The van der Waals surface area contributed by atoms with Crippen LogP contribution in [-0.4, -0.2) is 21.9 Å². The van der Waals surface area contributed by atoms with Crippen LogP contribution in [0.15, 0.2) is 12.1 Å². The molecule has 0 aliphatic carbocycles. The Morgan fingerprint density at radius 3 is 2.91 bits per heavy atom. The number of nitrogens with zero attached hydrogens (tertiary/aromatic N) is 3. The Balaban J connectivity index is 1.80. The van der Waals surface area contributed by atoms with Crippen LogP contribution in [0.3, 0.4) is 0 Å². The van der Waals surface area contributed by atoms with E-state index in [4.69, 9.17) is 4.74 Å². The van der Waals surface area contributed by atoms with Crippen LogP contribution < -0.4 is 10.1 Å². The molecule has 1 aliphatic heterocycles. The minimum Gasteiger partial charge on any atom is -0.492 e. The van der Waals surface area contributed by atoms with E-state index in [2.05, 4.69) is 20.1 Å². The van der Waals surface area contributed by atoms with Gasteiger partial charge in [0.05, 0.1) is 19.3 Å². The summed E-state index contributed by atoms with van der Waals surface area (Å²) in [5.74, 6) is 0.359. The quantitative estimate of drug-likeness (QED) is 0.943. The number of anilines is 1. The zero-order valence-electron chi connectivity index (χ0n) is 12.4. The molecular weight excluding hydrogens is 290 g/mol. The summed E-state index contributed by atoms with van der Waals surface area (Å²) in [4.78, 5) is 0. The highest BCUT2D eigenvalue weighted by Crippen LogP contribution is 2.29. The maximum Gasteiger partial charge on any atom is 0.177 e. The van der Waals surface area contributed by atoms with Gasteiger partial charge < -0.3 is 14.6 Å². The Kier molecular flexibility index (Phi) is 4.22. The number of hydrogen-bond acceptors (Lipinski definition) is 4. The van der Waals surface area contributed by atoms with Gasteiger partial charge in [-0.15, -0.1) is 10.2 Å². The third kappa shape index (κ3) is 2.88. The van der Waals surface area contributed by atoms with Gasteiger partial charge in [-0.25, -0.2) is 8.78 Å². The van der Waals surface area contributed by atoms with Crippen molar-refractivity contribution < 1.29 is 13.5 Å². The minimum absolute atomic E-state index is 0.00277. The predicted molar refractivity (Wildman–Crippen MR) is 77.8 cm³/mol.